The zero-order chi connectivity index (χ0) is 15.9. The summed E-state index contributed by atoms with van der Waals surface area (Å²) in [6.07, 6.45) is 8.16. The van der Waals surface area contributed by atoms with Gasteiger partial charge in [-0.3, -0.25) is 14.6 Å². The molecule has 1 aromatic heterocycles. The van der Waals surface area contributed by atoms with E-state index in [9.17, 15) is 9.59 Å². The summed E-state index contributed by atoms with van der Waals surface area (Å²) >= 11 is 0. The van der Waals surface area contributed by atoms with Gasteiger partial charge in [0.1, 0.15) is 0 Å². The number of anilines is 1. The first-order chi connectivity index (χ1) is 11.2. The predicted octanol–water partition coefficient (Wildman–Crippen LogP) is 3.84. The van der Waals surface area contributed by atoms with E-state index in [1.807, 2.05) is 30.3 Å². The number of hydrogen-bond donors (Lipinski definition) is 0. The number of imide groups is 1. The summed E-state index contributed by atoms with van der Waals surface area (Å²) in [5, 5.41) is 0.951. The van der Waals surface area contributed by atoms with Crippen molar-refractivity contribution in [2.45, 2.75) is 44.9 Å². The van der Waals surface area contributed by atoms with Gasteiger partial charge in [0, 0.05) is 18.0 Å². The van der Waals surface area contributed by atoms with Gasteiger partial charge in [-0.05, 0) is 25.0 Å². The highest BCUT2D eigenvalue weighted by atomic mass is 16.2. The van der Waals surface area contributed by atoms with Gasteiger partial charge in [0.05, 0.1) is 16.6 Å². The maximum Gasteiger partial charge on any atom is 0.240 e. The van der Waals surface area contributed by atoms with E-state index < -0.39 is 5.41 Å². The van der Waals surface area contributed by atoms with Crippen LogP contribution in [0.15, 0.2) is 36.5 Å². The molecule has 2 aliphatic rings. The number of benzene rings is 1. The van der Waals surface area contributed by atoms with Crippen LogP contribution in [0.2, 0.25) is 0 Å². The molecule has 0 radical (unpaired) electrons. The highest BCUT2D eigenvalue weighted by Gasteiger charge is 2.51. The highest BCUT2D eigenvalue weighted by Crippen LogP contribution is 2.46. The third kappa shape index (κ3) is 2.24. The molecule has 23 heavy (non-hydrogen) atoms. The summed E-state index contributed by atoms with van der Waals surface area (Å²) in [6, 6.07) is 9.50. The van der Waals surface area contributed by atoms with Crippen molar-refractivity contribution >= 4 is 28.4 Å². The van der Waals surface area contributed by atoms with E-state index in [0.717, 1.165) is 36.6 Å². The van der Waals surface area contributed by atoms with Gasteiger partial charge in [-0.2, -0.15) is 0 Å². The fourth-order valence-electron chi connectivity index (χ4n) is 4.10. The van der Waals surface area contributed by atoms with Crippen LogP contribution in [0.3, 0.4) is 0 Å². The van der Waals surface area contributed by atoms with Crippen LogP contribution in [0.1, 0.15) is 44.9 Å². The number of rotatable bonds is 1. The zero-order valence-corrected chi connectivity index (χ0v) is 13.1. The summed E-state index contributed by atoms with van der Waals surface area (Å²) in [7, 11) is 0. The van der Waals surface area contributed by atoms with Gasteiger partial charge < -0.3 is 0 Å². The Balaban J connectivity index is 1.79. The van der Waals surface area contributed by atoms with Gasteiger partial charge >= 0.3 is 0 Å². The minimum Gasteiger partial charge on any atom is -0.274 e. The first-order valence-electron chi connectivity index (χ1n) is 8.42. The van der Waals surface area contributed by atoms with Crippen molar-refractivity contribution in [3.05, 3.63) is 36.5 Å². The van der Waals surface area contributed by atoms with Crippen LogP contribution in [0.25, 0.3) is 10.9 Å². The topological polar surface area (TPSA) is 50.3 Å². The molecule has 2 fully saturated rings. The third-order valence-electron chi connectivity index (χ3n) is 5.31. The number of amides is 2. The minimum absolute atomic E-state index is 0.0115. The summed E-state index contributed by atoms with van der Waals surface area (Å²) in [4.78, 5) is 31.7. The van der Waals surface area contributed by atoms with Crippen molar-refractivity contribution in [2.24, 2.45) is 5.41 Å². The Hall–Kier alpha value is -2.23. The smallest absolute Gasteiger partial charge is 0.240 e. The maximum absolute atomic E-state index is 13.2. The Morgan fingerprint density at radius 2 is 1.70 bits per heavy atom. The van der Waals surface area contributed by atoms with Crippen LogP contribution in [-0.4, -0.2) is 16.8 Å². The Labute approximate surface area is 135 Å². The molecule has 4 rings (SSSR count). The van der Waals surface area contributed by atoms with Crippen LogP contribution in [0.5, 0.6) is 0 Å². The number of fused-ring (bicyclic) bond motifs is 1. The highest BCUT2D eigenvalue weighted by molar-refractivity contribution is 6.25. The second kappa shape index (κ2) is 5.44. The molecule has 1 aromatic carbocycles. The lowest BCUT2D eigenvalue weighted by Crippen LogP contribution is -2.35. The number of para-hydroxylation sites is 1. The molecule has 1 aliphatic carbocycles. The molecule has 2 heterocycles. The number of pyridine rings is 1. The Bertz CT molecular complexity index is 771. The van der Waals surface area contributed by atoms with Crippen LogP contribution >= 0.6 is 0 Å². The van der Waals surface area contributed by atoms with E-state index in [4.69, 9.17) is 0 Å². The SMILES string of the molecule is O=C1CC2(CCCCCC2)C(=O)N1c1cccc2cccnc12. The monoisotopic (exact) mass is 308 g/mol. The van der Waals surface area contributed by atoms with Crippen LogP contribution < -0.4 is 4.90 Å². The lowest BCUT2D eigenvalue weighted by Gasteiger charge is -2.25. The van der Waals surface area contributed by atoms with Crippen molar-refractivity contribution in [3.8, 4) is 0 Å². The number of carbonyl (C=O) groups is 2. The van der Waals surface area contributed by atoms with Gasteiger partial charge in [0.25, 0.3) is 0 Å². The molecule has 0 bridgehead atoms. The minimum atomic E-state index is -0.468. The fourth-order valence-corrected chi connectivity index (χ4v) is 4.10. The second-order valence-corrected chi connectivity index (χ2v) is 6.76. The first kappa shape index (κ1) is 14.4. The number of nitrogens with zero attached hydrogens (tertiary/aromatic N) is 2. The molecule has 1 aliphatic heterocycles. The third-order valence-corrected chi connectivity index (χ3v) is 5.31. The Kier molecular flexibility index (Phi) is 3.40. The Morgan fingerprint density at radius 3 is 2.48 bits per heavy atom. The lowest BCUT2D eigenvalue weighted by molar-refractivity contribution is -0.126. The molecule has 2 amide bonds. The summed E-state index contributed by atoms with van der Waals surface area (Å²) < 4.78 is 0. The number of aromatic nitrogens is 1. The molecule has 0 N–H and O–H groups in total. The van der Waals surface area contributed by atoms with Crippen molar-refractivity contribution < 1.29 is 9.59 Å². The molecule has 2 aromatic rings. The average molecular weight is 308 g/mol. The molecule has 4 heteroatoms. The van der Waals surface area contributed by atoms with E-state index in [1.165, 1.54) is 17.7 Å². The van der Waals surface area contributed by atoms with Gasteiger partial charge in [-0.25, -0.2) is 4.90 Å². The molecular formula is C19H20N2O2. The quantitative estimate of drug-likeness (QED) is 0.752. The van der Waals surface area contributed by atoms with E-state index in [2.05, 4.69) is 4.98 Å². The molecule has 1 saturated carbocycles. The molecular weight excluding hydrogens is 288 g/mol. The first-order valence-corrected chi connectivity index (χ1v) is 8.42. The van der Waals surface area contributed by atoms with Crippen LogP contribution in [0, 0.1) is 5.41 Å². The van der Waals surface area contributed by atoms with Crippen molar-refractivity contribution in [1.29, 1.82) is 0 Å². The lowest BCUT2D eigenvalue weighted by atomic mass is 9.79. The fraction of sp³-hybridized carbons (Fsp3) is 0.421. The van der Waals surface area contributed by atoms with E-state index in [0.29, 0.717) is 12.1 Å². The molecule has 4 nitrogen and oxygen atoms in total. The van der Waals surface area contributed by atoms with Gasteiger partial charge in [0.15, 0.2) is 0 Å². The predicted molar refractivity (Wildman–Crippen MR) is 89.0 cm³/mol. The molecule has 118 valence electrons. The second-order valence-electron chi connectivity index (χ2n) is 6.76. The van der Waals surface area contributed by atoms with Gasteiger partial charge in [0.2, 0.25) is 11.8 Å². The molecule has 0 atom stereocenters. The summed E-state index contributed by atoms with van der Waals surface area (Å²) in [5.41, 5.74) is 0.895. The zero-order valence-electron chi connectivity index (χ0n) is 13.1. The van der Waals surface area contributed by atoms with Crippen molar-refractivity contribution in [1.82, 2.24) is 4.98 Å². The summed E-state index contributed by atoms with van der Waals surface area (Å²) in [5.74, 6) is -0.0855. The van der Waals surface area contributed by atoms with Gasteiger partial charge in [-0.1, -0.05) is 43.9 Å². The molecule has 1 saturated heterocycles. The average Bonchev–Trinajstić information content (AvgIpc) is 2.73. The molecule has 1 spiro atoms. The number of hydrogen-bond acceptors (Lipinski definition) is 3. The van der Waals surface area contributed by atoms with Crippen molar-refractivity contribution in [3.63, 3.8) is 0 Å². The van der Waals surface area contributed by atoms with E-state index >= 15 is 0 Å². The Morgan fingerprint density at radius 1 is 0.957 bits per heavy atom. The maximum atomic E-state index is 13.2. The van der Waals surface area contributed by atoms with E-state index in [-0.39, 0.29) is 11.8 Å². The van der Waals surface area contributed by atoms with E-state index in [1.54, 1.807) is 6.20 Å². The standard InChI is InChI=1S/C19H20N2O2/c22-16-13-19(10-3-1-2-4-11-19)18(23)21(16)15-9-5-7-14-8-6-12-20-17(14)15/h5-9,12H,1-4,10-11,13H2. The van der Waals surface area contributed by atoms with Crippen molar-refractivity contribution in [2.75, 3.05) is 4.90 Å². The molecule has 0 unspecified atom stereocenters. The number of carbonyl (C=O) groups excluding carboxylic acids is 2. The normalized spacial score (nSPS) is 21.1. The van der Waals surface area contributed by atoms with Crippen LogP contribution in [0.4, 0.5) is 5.69 Å². The van der Waals surface area contributed by atoms with Gasteiger partial charge in [-0.15, -0.1) is 0 Å². The largest absolute Gasteiger partial charge is 0.274 e. The van der Waals surface area contributed by atoms with Crippen LogP contribution in [-0.2, 0) is 9.59 Å². The summed E-state index contributed by atoms with van der Waals surface area (Å²) in [6.45, 7) is 0.